The van der Waals surface area contributed by atoms with Crippen molar-refractivity contribution in [3.63, 3.8) is 0 Å². The Morgan fingerprint density at radius 2 is 1.71 bits per heavy atom. The first kappa shape index (κ1) is 19.1. The second-order valence-electron chi connectivity index (χ2n) is 6.28. The zero-order valence-electron chi connectivity index (χ0n) is 15.7. The third kappa shape index (κ3) is 3.85. The Balaban J connectivity index is 1.88. The van der Waals surface area contributed by atoms with Crippen LogP contribution in [0.15, 0.2) is 53.3 Å². The number of rotatable bonds is 6. The van der Waals surface area contributed by atoms with Crippen LogP contribution in [0.1, 0.15) is 23.4 Å². The molecular weight excluding hydrogens is 358 g/mol. The summed E-state index contributed by atoms with van der Waals surface area (Å²) in [6, 6.07) is 14.2. The number of ether oxygens (including phenoxy) is 1. The summed E-state index contributed by atoms with van der Waals surface area (Å²) in [5.74, 6) is 0.254. The summed E-state index contributed by atoms with van der Waals surface area (Å²) < 4.78 is 7.47. The predicted octanol–water partition coefficient (Wildman–Crippen LogP) is 1.72. The number of nitrogens with two attached hydrogens (primary N) is 1. The number of carbonyl (C=O) groups is 1. The predicted molar refractivity (Wildman–Crippen MR) is 105 cm³/mol. The van der Waals surface area contributed by atoms with Gasteiger partial charge in [0.2, 0.25) is 0 Å². The minimum atomic E-state index is -0.296. The van der Waals surface area contributed by atoms with Gasteiger partial charge in [-0.3, -0.25) is 10.2 Å². The fourth-order valence-corrected chi connectivity index (χ4v) is 2.87. The molecule has 0 aliphatic carbocycles. The zero-order chi connectivity index (χ0) is 20.3. The van der Waals surface area contributed by atoms with Crippen molar-refractivity contribution >= 4 is 11.8 Å². The summed E-state index contributed by atoms with van der Waals surface area (Å²) in [5.41, 5.74) is 8.01. The van der Waals surface area contributed by atoms with Crippen LogP contribution in [0.5, 0.6) is 0 Å². The number of amidine groups is 1. The van der Waals surface area contributed by atoms with Crippen molar-refractivity contribution in [3.8, 4) is 11.4 Å². The van der Waals surface area contributed by atoms with Gasteiger partial charge in [0.1, 0.15) is 11.7 Å². The first-order valence-corrected chi connectivity index (χ1v) is 8.70. The minimum absolute atomic E-state index is 0.0344. The zero-order valence-corrected chi connectivity index (χ0v) is 15.7. The minimum Gasteiger partial charge on any atom is -0.469 e. The number of nitrogen functional groups attached to an aromatic ring is 1. The van der Waals surface area contributed by atoms with Gasteiger partial charge in [-0.05, 0) is 55.3 Å². The number of aromatic nitrogens is 3. The van der Waals surface area contributed by atoms with Gasteiger partial charge in [-0.1, -0.05) is 12.1 Å². The smallest absolute Gasteiger partial charge is 0.355 e. The van der Waals surface area contributed by atoms with E-state index in [0.29, 0.717) is 35.6 Å². The van der Waals surface area contributed by atoms with Gasteiger partial charge >= 0.3 is 11.7 Å². The quantitative estimate of drug-likeness (QED) is 0.384. The van der Waals surface area contributed by atoms with E-state index < -0.39 is 0 Å². The summed E-state index contributed by atoms with van der Waals surface area (Å²) in [6.07, 6.45) is 0.881. The van der Waals surface area contributed by atoms with E-state index in [1.54, 1.807) is 31.2 Å². The Hall–Kier alpha value is -3.68. The van der Waals surface area contributed by atoms with Gasteiger partial charge in [0.25, 0.3) is 0 Å². The lowest BCUT2D eigenvalue weighted by molar-refractivity contribution is -0.140. The van der Waals surface area contributed by atoms with Gasteiger partial charge in [0, 0.05) is 12.0 Å². The van der Waals surface area contributed by atoms with Crippen LogP contribution in [0.3, 0.4) is 0 Å². The fourth-order valence-electron chi connectivity index (χ4n) is 2.87. The molecule has 0 radical (unpaired) electrons. The topological polar surface area (TPSA) is 116 Å². The third-order valence-corrected chi connectivity index (χ3v) is 4.40. The van der Waals surface area contributed by atoms with E-state index in [4.69, 9.17) is 11.1 Å². The lowest BCUT2D eigenvalue weighted by Crippen LogP contribution is -2.23. The number of esters is 1. The van der Waals surface area contributed by atoms with Crippen LogP contribution in [-0.2, 0) is 16.0 Å². The monoisotopic (exact) mass is 379 g/mol. The molecular formula is C20H21N5O3. The van der Waals surface area contributed by atoms with Crippen molar-refractivity contribution < 1.29 is 9.53 Å². The number of hydrogen-bond acceptors (Lipinski definition) is 5. The van der Waals surface area contributed by atoms with E-state index >= 15 is 0 Å². The molecule has 0 aliphatic heterocycles. The average molecular weight is 379 g/mol. The SMILES string of the molecule is COC(=O)CCc1ccc(-n2c(C)nn(-c3ccc(C(=N)N)cc3)c2=O)cc1. The van der Waals surface area contributed by atoms with E-state index in [0.717, 1.165) is 5.56 Å². The Bertz CT molecular complexity index is 1060. The highest BCUT2D eigenvalue weighted by molar-refractivity contribution is 5.95. The van der Waals surface area contributed by atoms with Crippen molar-refractivity contribution in [2.45, 2.75) is 19.8 Å². The van der Waals surface area contributed by atoms with Gasteiger partial charge in [0.15, 0.2) is 0 Å². The highest BCUT2D eigenvalue weighted by Gasteiger charge is 2.13. The van der Waals surface area contributed by atoms with E-state index in [9.17, 15) is 9.59 Å². The van der Waals surface area contributed by atoms with Crippen molar-refractivity contribution in [3.05, 3.63) is 76.0 Å². The highest BCUT2D eigenvalue weighted by atomic mass is 16.5. The maximum Gasteiger partial charge on any atom is 0.355 e. The second-order valence-corrected chi connectivity index (χ2v) is 6.28. The number of nitrogens with zero attached hydrogens (tertiary/aromatic N) is 3. The van der Waals surface area contributed by atoms with Crippen LogP contribution < -0.4 is 11.4 Å². The molecule has 3 aromatic rings. The number of benzene rings is 2. The normalized spacial score (nSPS) is 10.6. The molecule has 0 spiro atoms. The molecule has 3 rings (SSSR count). The maximum absolute atomic E-state index is 12.9. The molecule has 3 N–H and O–H groups in total. The first-order chi connectivity index (χ1) is 13.4. The second kappa shape index (κ2) is 7.91. The molecule has 28 heavy (non-hydrogen) atoms. The number of methoxy groups -OCH3 is 1. The molecule has 144 valence electrons. The van der Waals surface area contributed by atoms with Crippen LogP contribution in [0, 0.1) is 12.3 Å². The molecule has 2 aromatic carbocycles. The molecule has 8 heteroatoms. The molecule has 1 heterocycles. The average Bonchev–Trinajstić information content (AvgIpc) is 3.00. The van der Waals surface area contributed by atoms with Crippen LogP contribution >= 0.6 is 0 Å². The number of hydrogen-bond donors (Lipinski definition) is 2. The Morgan fingerprint density at radius 1 is 1.11 bits per heavy atom. The molecule has 8 nitrogen and oxygen atoms in total. The van der Waals surface area contributed by atoms with Crippen LogP contribution in [0.4, 0.5) is 0 Å². The van der Waals surface area contributed by atoms with Gasteiger partial charge < -0.3 is 10.5 Å². The standard InChI is InChI=1S/C20H21N5O3/c1-13-23-25(17-10-6-15(7-11-17)19(21)22)20(27)24(13)16-8-3-14(4-9-16)5-12-18(26)28-2/h3-4,6-11H,5,12H2,1-2H3,(H3,21,22). The Kier molecular flexibility index (Phi) is 5.39. The lowest BCUT2D eigenvalue weighted by atomic mass is 10.1. The molecule has 1 aromatic heterocycles. The van der Waals surface area contributed by atoms with E-state index in [2.05, 4.69) is 9.84 Å². The largest absolute Gasteiger partial charge is 0.469 e. The maximum atomic E-state index is 12.9. The number of nitrogens with one attached hydrogen (secondary N) is 1. The summed E-state index contributed by atoms with van der Waals surface area (Å²) in [5, 5.41) is 11.8. The molecule has 0 atom stereocenters. The van der Waals surface area contributed by atoms with Gasteiger partial charge in [-0.25, -0.2) is 9.36 Å². The Morgan fingerprint density at radius 3 is 2.29 bits per heavy atom. The summed E-state index contributed by atoms with van der Waals surface area (Å²) in [7, 11) is 1.37. The third-order valence-electron chi connectivity index (χ3n) is 4.40. The molecule has 0 aliphatic rings. The van der Waals surface area contributed by atoms with Gasteiger partial charge in [-0.2, -0.15) is 4.68 Å². The molecule has 0 fully saturated rings. The summed E-state index contributed by atoms with van der Waals surface area (Å²) in [6.45, 7) is 1.76. The molecule has 0 amide bonds. The lowest BCUT2D eigenvalue weighted by Gasteiger charge is -2.05. The molecule has 0 saturated carbocycles. The van der Waals surface area contributed by atoms with E-state index in [-0.39, 0.29) is 17.5 Å². The fraction of sp³-hybridized carbons (Fsp3) is 0.200. The van der Waals surface area contributed by atoms with E-state index in [1.165, 1.54) is 16.4 Å². The van der Waals surface area contributed by atoms with E-state index in [1.807, 2.05) is 24.3 Å². The summed E-state index contributed by atoms with van der Waals surface area (Å²) >= 11 is 0. The van der Waals surface area contributed by atoms with Crippen molar-refractivity contribution in [1.82, 2.24) is 14.3 Å². The van der Waals surface area contributed by atoms with Crippen LogP contribution in [-0.4, -0.2) is 33.3 Å². The molecule has 0 saturated heterocycles. The molecule has 0 bridgehead atoms. The van der Waals surface area contributed by atoms with Crippen molar-refractivity contribution in [1.29, 1.82) is 5.41 Å². The highest BCUT2D eigenvalue weighted by Crippen LogP contribution is 2.13. The van der Waals surface area contributed by atoms with Gasteiger partial charge in [0.05, 0.1) is 18.5 Å². The molecule has 0 unspecified atom stereocenters. The number of carbonyl (C=O) groups excluding carboxylic acids is 1. The van der Waals surface area contributed by atoms with Crippen molar-refractivity contribution in [2.24, 2.45) is 5.73 Å². The number of aryl methyl sites for hydroxylation is 2. The van der Waals surface area contributed by atoms with Crippen LogP contribution in [0.2, 0.25) is 0 Å². The Labute approximate surface area is 161 Å². The van der Waals surface area contributed by atoms with Gasteiger partial charge in [-0.15, -0.1) is 5.10 Å². The summed E-state index contributed by atoms with van der Waals surface area (Å²) in [4.78, 5) is 24.1. The van der Waals surface area contributed by atoms with Crippen molar-refractivity contribution in [2.75, 3.05) is 7.11 Å². The van der Waals surface area contributed by atoms with Crippen LogP contribution in [0.25, 0.3) is 11.4 Å². The first-order valence-electron chi connectivity index (χ1n) is 8.70.